The third-order valence-corrected chi connectivity index (χ3v) is 6.46. The molecule has 2 atom stereocenters. The van der Waals surface area contributed by atoms with E-state index in [1.807, 2.05) is 25.1 Å². The Kier molecular flexibility index (Phi) is 10.7. The molecule has 32 heavy (non-hydrogen) atoms. The minimum absolute atomic E-state index is 0.0430. The Bertz CT molecular complexity index is 886. The summed E-state index contributed by atoms with van der Waals surface area (Å²) in [6.07, 6.45) is 10.4. The molecule has 0 amide bonds. The SMILES string of the molecule is CCCCCC(CC)OC(=O)c1ccc2cc(C(CC)CCCCC)ccc2c1C(=O)O. The lowest BCUT2D eigenvalue weighted by molar-refractivity contribution is 0.0262. The minimum Gasteiger partial charge on any atom is -0.478 e. The average molecular weight is 441 g/mol. The normalized spacial score (nSPS) is 13.1. The molecule has 1 N–H and O–H groups in total. The predicted molar refractivity (Wildman–Crippen MR) is 132 cm³/mol. The number of ether oxygens (including phenoxy) is 1. The highest BCUT2D eigenvalue weighted by Crippen LogP contribution is 2.31. The quantitative estimate of drug-likeness (QED) is 0.238. The molecule has 0 aliphatic rings. The van der Waals surface area contributed by atoms with Gasteiger partial charge in [-0.3, -0.25) is 0 Å². The molecule has 0 bridgehead atoms. The molecule has 2 aromatic carbocycles. The van der Waals surface area contributed by atoms with Gasteiger partial charge in [-0.15, -0.1) is 0 Å². The third-order valence-electron chi connectivity index (χ3n) is 6.46. The monoisotopic (exact) mass is 440 g/mol. The Morgan fingerprint density at radius 3 is 2.16 bits per heavy atom. The molecular formula is C28H40O4. The number of benzene rings is 2. The van der Waals surface area contributed by atoms with Gasteiger partial charge in [0, 0.05) is 0 Å². The highest BCUT2D eigenvalue weighted by molar-refractivity contribution is 6.12. The molecule has 0 heterocycles. The van der Waals surface area contributed by atoms with Crippen molar-refractivity contribution >= 4 is 22.7 Å². The molecule has 0 spiro atoms. The van der Waals surface area contributed by atoms with Gasteiger partial charge in [-0.1, -0.05) is 84.1 Å². The van der Waals surface area contributed by atoms with Gasteiger partial charge in [0.25, 0.3) is 0 Å². The number of rotatable bonds is 14. The molecule has 176 valence electrons. The summed E-state index contributed by atoms with van der Waals surface area (Å²) in [5.74, 6) is -1.16. The number of unbranched alkanes of at least 4 members (excludes halogenated alkanes) is 4. The number of fused-ring (bicyclic) bond motifs is 1. The summed E-state index contributed by atoms with van der Waals surface area (Å²) < 4.78 is 5.70. The van der Waals surface area contributed by atoms with E-state index in [0.29, 0.717) is 11.3 Å². The zero-order chi connectivity index (χ0) is 23.5. The predicted octanol–water partition coefficient (Wildman–Crippen LogP) is 8.13. The van der Waals surface area contributed by atoms with Crippen molar-refractivity contribution in [3.8, 4) is 0 Å². The van der Waals surface area contributed by atoms with Crippen molar-refractivity contribution in [1.82, 2.24) is 0 Å². The van der Waals surface area contributed by atoms with E-state index in [-0.39, 0.29) is 17.2 Å². The molecule has 0 radical (unpaired) electrons. The van der Waals surface area contributed by atoms with Gasteiger partial charge in [-0.2, -0.15) is 0 Å². The van der Waals surface area contributed by atoms with Crippen LogP contribution < -0.4 is 0 Å². The lowest BCUT2D eigenvalue weighted by atomic mass is 9.88. The smallest absolute Gasteiger partial charge is 0.339 e. The van der Waals surface area contributed by atoms with Crippen molar-refractivity contribution in [3.05, 3.63) is 47.0 Å². The van der Waals surface area contributed by atoms with Gasteiger partial charge in [0.1, 0.15) is 6.10 Å². The first-order valence-corrected chi connectivity index (χ1v) is 12.5. The van der Waals surface area contributed by atoms with Crippen LogP contribution in [0.2, 0.25) is 0 Å². The fourth-order valence-corrected chi connectivity index (χ4v) is 4.43. The van der Waals surface area contributed by atoms with Crippen LogP contribution in [0.5, 0.6) is 0 Å². The lowest BCUT2D eigenvalue weighted by Gasteiger charge is -2.18. The second-order valence-corrected chi connectivity index (χ2v) is 8.81. The van der Waals surface area contributed by atoms with Crippen molar-refractivity contribution in [2.75, 3.05) is 0 Å². The molecule has 2 rings (SSSR count). The molecule has 2 aromatic rings. The van der Waals surface area contributed by atoms with E-state index in [0.717, 1.165) is 50.3 Å². The molecule has 4 heteroatoms. The number of carbonyl (C=O) groups is 2. The maximum absolute atomic E-state index is 12.9. The molecule has 0 saturated heterocycles. The zero-order valence-electron chi connectivity index (χ0n) is 20.3. The first kappa shape index (κ1) is 25.9. The second kappa shape index (κ2) is 13.2. The third kappa shape index (κ3) is 6.82. The summed E-state index contributed by atoms with van der Waals surface area (Å²) in [6.45, 7) is 8.54. The number of esters is 1. The van der Waals surface area contributed by atoms with E-state index in [1.165, 1.54) is 24.8 Å². The van der Waals surface area contributed by atoms with Gasteiger partial charge in [0.2, 0.25) is 0 Å². The summed E-state index contributed by atoms with van der Waals surface area (Å²) in [7, 11) is 0. The number of hydrogen-bond donors (Lipinski definition) is 1. The van der Waals surface area contributed by atoms with Gasteiger partial charge in [-0.25, -0.2) is 9.59 Å². The molecule has 0 aromatic heterocycles. The summed E-state index contributed by atoms with van der Waals surface area (Å²) >= 11 is 0. The summed E-state index contributed by atoms with van der Waals surface area (Å²) in [6, 6.07) is 9.47. The highest BCUT2D eigenvalue weighted by Gasteiger charge is 2.23. The van der Waals surface area contributed by atoms with Crippen LogP contribution in [0.3, 0.4) is 0 Å². The van der Waals surface area contributed by atoms with E-state index < -0.39 is 11.9 Å². The number of carboxylic acids is 1. The fourth-order valence-electron chi connectivity index (χ4n) is 4.43. The van der Waals surface area contributed by atoms with Gasteiger partial charge in [-0.05, 0) is 60.4 Å². The van der Waals surface area contributed by atoms with E-state index in [4.69, 9.17) is 4.74 Å². The summed E-state index contributed by atoms with van der Waals surface area (Å²) in [4.78, 5) is 25.0. The Hall–Kier alpha value is -2.36. The van der Waals surface area contributed by atoms with Crippen LogP contribution in [0.1, 0.15) is 124 Å². The largest absolute Gasteiger partial charge is 0.478 e. The Balaban J connectivity index is 2.32. The molecule has 2 unspecified atom stereocenters. The maximum atomic E-state index is 12.9. The van der Waals surface area contributed by atoms with Gasteiger partial charge < -0.3 is 9.84 Å². The molecule has 0 fully saturated rings. The molecule has 0 aliphatic heterocycles. The maximum Gasteiger partial charge on any atom is 0.339 e. The molecule has 0 saturated carbocycles. The zero-order valence-corrected chi connectivity index (χ0v) is 20.3. The van der Waals surface area contributed by atoms with Crippen LogP contribution >= 0.6 is 0 Å². The Labute approximate surface area is 193 Å². The van der Waals surface area contributed by atoms with E-state index in [9.17, 15) is 14.7 Å². The van der Waals surface area contributed by atoms with Crippen LogP contribution in [-0.4, -0.2) is 23.1 Å². The van der Waals surface area contributed by atoms with Gasteiger partial charge in [0.15, 0.2) is 0 Å². The summed E-state index contributed by atoms with van der Waals surface area (Å²) in [5.41, 5.74) is 1.42. The van der Waals surface area contributed by atoms with Gasteiger partial charge in [0.05, 0.1) is 11.1 Å². The van der Waals surface area contributed by atoms with Crippen LogP contribution in [0.4, 0.5) is 0 Å². The Morgan fingerprint density at radius 1 is 0.875 bits per heavy atom. The van der Waals surface area contributed by atoms with Crippen LogP contribution in [0, 0.1) is 0 Å². The van der Waals surface area contributed by atoms with Crippen molar-refractivity contribution in [3.63, 3.8) is 0 Å². The standard InChI is InChI=1S/C28H40O4/c1-5-9-11-13-20(7-3)21-15-17-24-22(19-21)16-18-25(26(24)27(29)30)28(31)32-23(8-4)14-12-10-6-2/h15-20,23H,5-14H2,1-4H3,(H,29,30). The highest BCUT2D eigenvalue weighted by atomic mass is 16.5. The van der Waals surface area contributed by atoms with Crippen LogP contribution in [0.25, 0.3) is 10.8 Å². The number of aromatic carboxylic acids is 1. The molecule has 4 nitrogen and oxygen atoms in total. The van der Waals surface area contributed by atoms with Crippen molar-refractivity contribution < 1.29 is 19.4 Å². The number of hydrogen-bond acceptors (Lipinski definition) is 3. The Morgan fingerprint density at radius 2 is 1.56 bits per heavy atom. The minimum atomic E-state index is -1.09. The fraction of sp³-hybridized carbons (Fsp3) is 0.571. The second-order valence-electron chi connectivity index (χ2n) is 8.81. The van der Waals surface area contributed by atoms with E-state index >= 15 is 0 Å². The van der Waals surface area contributed by atoms with Crippen molar-refractivity contribution in [1.29, 1.82) is 0 Å². The van der Waals surface area contributed by atoms with Crippen LogP contribution in [-0.2, 0) is 4.74 Å². The van der Waals surface area contributed by atoms with E-state index in [2.05, 4.69) is 26.8 Å². The average Bonchev–Trinajstić information content (AvgIpc) is 2.80. The van der Waals surface area contributed by atoms with Crippen LogP contribution in [0.15, 0.2) is 30.3 Å². The van der Waals surface area contributed by atoms with Gasteiger partial charge >= 0.3 is 11.9 Å². The first-order chi connectivity index (χ1) is 15.5. The first-order valence-electron chi connectivity index (χ1n) is 12.5. The number of carboxylic acid groups (broad SMARTS) is 1. The topological polar surface area (TPSA) is 63.6 Å². The molecule has 0 aliphatic carbocycles. The number of carbonyl (C=O) groups excluding carboxylic acids is 1. The van der Waals surface area contributed by atoms with Crippen molar-refractivity contribution in [2.24, 2.45) is 0 Å². The molecular weight excluding hydrogens is 400 g/mol. The van der Waals surface area contributed by atoms with E-state index in [1.54, 1.807) is 6.07 Å². The van der Waals surface area contributed by atoms with Crippen molar-refractivity contribution in [2.45, 2.75) is 104 Å². The summed E-state index contributed by atoms with van der Waals surface area (Å²) in [5, 5.41) is 11.4. The lowest BCUT2D eigenvalue weighted by Crippen LogP contribution is -2.20.